The zero-order chi connectivity index (χ0) is 22.0. The van der Waals surface area contributed by atoms with E-state index in [9.17, 15) is 19.5 Å². The highest BCUT2D eigenvalue weighted by atomic mass is 35.5. The number of nitrogens with one attached hydrogen (secondary N) is 1. The number of aliphatic carboxylic acids is 1. The number of hydrogen-bond acceptors (Lipinski definition) is 5. The Hall–Kier alpha value is -2.71. The van der Waals surface area contributed by atoms with E-state index in [1.54, 1.807) is 48.5 Å². The van der Waals surface area contributed by atoms with Crippen LogP contribution in [0.1, 0.15) is 25.0 Å². The molecule has 2 aromatic rings. The van der Waals surface area contributed by atoms with Crippen molar-refractivity contribution in [1.82, 2.24) is 10.2 Å². The number of amides is 2. The van der Waals surface area contributed by atoms with Crippen LogP contribution in [0, 0.1) is 0 Å². The highest BCUT2D eigenvalue weighted by Crippen LogP contribution is 2.71. The topological polar surface area (TPSA) is 95.9 Å². The Morgan fingerprint density at radius 3 is 2.58 bits per heavy atom. The van der Waals surface area contributed by atoms with Gasteiger partial charge in [-0.05, 0) is 19.1 Å². The van der Waals surface area contributed by atoms with E-state index in [1.807, 2.05) is 13.0 Å². The van der Waals surface area contributed by atoms with E-state index in [1.165, 1.54) is 16.7 Å². The van der Waals surface area contributed by atoms with E-state index >= 15 is 0 Å². The highest BCUT2D eigenvalue weighted by Gasteiger charge is 2.85. The zero-order valence-electron chi connectivity index (χ0n) is 16.4. The van der Waals surface area contributed by atoms with Gasteiger partial charge in [0.1, 0.15) is 17.2 Å². The maximum absolute atomic E-state index is 13.2. The van der Waals surface area contributed by atoms with Gasteiger partial charge >= 0.3 is 5.97 Å². The average Bonchev–Trinajstić information content (AvgIpc) is 3.29. The first-order valence-electron chi connectivity index (χ1n) is 9.79. The summed E-state index contributed by atoms with van der Waals surface area (Å²) in [5, 5.41) is 12.4. The van der Waals surface area contributed by atoms with Crippen LogP contribution in [0.2, 0.25) is 5.02 Å². The number of thioether (sulfide) groups is 1. The quantitative estimate of drug-likeness (QED) is 0.646. The van der Waals surface area contributed by atoms with E-state index < -0.39 is 39.7 Å². The van der Waals surface area contributed by atoms with E-state index in [4.69, 9.17) is 16.3 Å². The first kappa shape index (κ1) is 20.2. The summed E-state index contributed by atoms with van der Waals surface area (Å²) >= 11 is 7.64. The minimum absolute atomic E-state index is 0.351. The Morgan fingerprint density at radius 2 is 1.90 bits per heavy atom. The summed E-state index contributed by atoms with van der Waals surface area (Å²) in [5.74, 6) is -1.50. The Morgan fingerprint density at radius 1 is 1.23 bits per heavy atom. The monoisotopic (exact) mass is 458 g/mol. The molecular formula is C22H19ClN2O5S. The maximum atomic E-state index is 13.2. The molecule has 160 valence electrons. The maximum Gasteiger partial charge on any atom is 0.331 e. The summed E-state index contributed by atoms with van der Waals surface area (Å²) in [6, 6.07) is 15.0. The number of halogens is 1. The van der Waals surface area contributed by atoms with Crippen molar-refractivity contribution in [3.05, 3.63) is 65.2 Å². The van der Waals surface area contributed by atoms with E-state index in [0.29, 0.717) is 22.8 Å². The summed E-state index contributed by atoms with van der Waals surface area (Å²) in [5.41, 5.74) is -0.549. The number of β-lactam (4-membered cyclic amide) rings is 1. The molecule has 1 aliphatic carbocycles. The van der Waals surface area contributed by atoms with Gasteiger partial charge < -0.3 is 20.1 Å². The van der Waals surface area contributed by atoms with Gasteiger partial charge in [-0.25, -0.2) is 4.79 Å². The normalized spacial score (nSPS) is 31.2. The lowest BCUT2D eigenvalue weighted by atomic mass is 10.00. The summed E-state index contributed by atoms with van der Waals surface area (Å²) in [6.07, 6.45) is -0.599. The number of fused-ring (bicyclic) bond motifs is 3. The van der Waals surface area contributed by atoms with Crippen molar-refractivity contribution < 1.29 is 24.2 Å². The average molecular weight is 459 g/mol. The van der Waals surface area contributed by atoms with Crippen LogP contribution in [-0.4, -0.2) is 49.5 Å². The zero-order valence-corrected chi connectivity index (χ0v) is 18.0. The van der Waals surface area contributed by atoms with Crippen molar-refractivity contribution in [2.24, 2.45) is 0 Å². The van der Waals surface area contributed by atoms with Gasteiger partial charge in [0.25, 0.3) is 5.91 Å². The van der Waals surface area contributed by atoms with Crippen LogP contribution in [0.25, 0.3) is 0 Å². The molecule has 4 unspecified atom stereocenters. The molecule has 2 N–H and O–H groups in total. The number of hydrogen-bond donors (Lipinski definition) is 2. The molecule has 5 rings (SSSR count). The van der Waals surface area contributed by atoms with E-state index in [2.05, 4.69) is 5.32 Å². The SMILES string of the molecule is CC12CC1(C(=O)O)N1C(=O)C(NC(=O)C(Oc3ccccc3Cl)c3ccccc3)[C@H]1S2. The van der Waals surface area contributed by atoms with Crippen LogP contribution in [0.3, 0.4) is 0 Å². The molecule has 2 aromatic carbocycles. The van der Waals surface area contributed by atoms with Crippen molar-refractivity contribution in [3.63, 3.8) is 0 Å². The molecule has 0 bridgehead atoms. The van der Waals surface area contributed by atoms with Gasteiger partial charge in [0.15, 0.2) is 5.54 Å². The van der Waals surface area contributed by atoms with E-state index in [-0.39, 0.29) is 5.91 Å². The second kappa shape index (κ2) is 6.90. The lowest BCUT2D eigenvalue weighted by Gasteiger charge is -2.46. The molecule has 0 aromatic heterocycles. The van der Waals surface area contributed by atoms with Gasteiger partial charge in [-0.2, -0.15) is 0 Å². The molecule has 31 heavy (non-hydrogen) atoms. The highest BCUT2D eigenvalue weighted by molar-refractivity contribution is 8.02. The van der Waals surface area contributed by atoms with Crippen LogP contribution in [0.4, 0.5) is 0 Å². The molecule has 9 heteroatoms. The molecule has 2 saturated heterocycles. The van der Waals surface area contributed by atoms with Crippen molar-refractivity contribution in [1.29, 1.82) is 0 Å². The molecule has 3 fully saturated rings. The van der Waals surface area contributed by atoms with Crippen LogP contribution < -0.4 is 10.1 Å². The first-order chi connectivity index (χ1) is 14.8. The Balaban J connectivity index is 1.37. The van der Waals surface area contributed by atoms with Crippen molar-refractivity contribution in [2.45, 2.75) is 41.2 Å². The molecule has 3 aliphatic rings. The lowest BCUT2D eigenvalue weighted by Crippen LogP contribution is -2.72. The summed E-state index contributed by atoms with van der Waals surface area (Å²) in [4.78, 5) is 39.3. The van der Waals surface area contributed by atoms with Crippen LogP contribution in [0.15, 0.2) is 54.6 Å². The molecule has 2 aliphatic heterocycles. The fraction of sp³-hybridized carbons (Fsp3) is 0.318. The largest absolute Gasteiger partial charge is 0.479 e. The van der Waals surface area contributed by atoms with Gasteiger partial charge in [0.05, 0.1) is 9.77 Å². The van der Waals surface area contributed by atoms with Gasteiger partial charge in [-0.1, -0.05) is 54.1 Å². The number of ether oxygens (including phenoxy) is 1. The standard InChI is InChI=1S/C22H19ClN2O5S/c1-21-11-22(21,20(28)29)25-18(27)15(19(25)31-21)24-17(26)16(12-7-3-2-4-8-12)30-14-10-6-5-9-13(14)23/h2-10,15-16,19H,11H2,1H3,(H,24,26)(H,28,29)/t15?,16?,19-,21?,22?/m1/s1. The second-order valence-electron chi connectivity index (χ2n) is 8.11. The van der Waals surface area contributed by atoms with Crippen LogP contribution in [0.5, 0.6) is 5.75 Å². The van der Waals surface area contributed by atoms with Gasteiger partial charge in [-0.3, -0.25) is 9.59 Å². The number of carbonyl (C=O) groups is 3. The molecule has 1 saturated carbocycles. The molecule has 0 spiro atoms. The third-order valence-corrected chi connectivity index (χ3v) is 8.29. The fourth-order valence-corrected chi connectivity index (χ4v) is 6.61. The van der Waals surface area contributed by atoms with Gasteiger partial charge in [0.2, 0.25) is 12.0 Å². The summed E-state index contributed by atoms with van der Waals surface area (Å²) in [6.45, 7) is 1.85. The number of carbonyl (C=O) groups excluding carboxylic acids is 2. The van der Waals surface area contributed by atoms with E-state index in [0.717, 1.165) is 0 Å². The number of rotatable bonds is 6. The number of carboxylic acid groups (broad SMARTS) is 1. The third kappa shape index (κ3) is 2.85. The van der Waals surface area contributed by atoms with Crippen LogP contribution >= 0.6 is 23.4 Å². The molecule has 2 amide bonds. The molecular weight excluding hydrogens is 440 g/mol. The summed E-state index contributed by atoms with van der Waals surface area (Å²) < 4.78 is 5.42. The molecule has 5 atom stereocenters. The number of benzene rings is 2. The van der Waals surface area contributed by atoms with Crippen molar-refractivity contribution >= 4 is 41.1 Å². The van der Waals surface area contributed by atoms with Crippen LogP contribution in [-0.2, 0) is 14.4 Å². The Kier molecular flexibility index (Phi) is 4.50. The lowest BCUT2D eigenvalue weighted by molar-refractivity contribution is -0.163. The predicted molar refractivity (Wildman–Crippen MR) is 115 cm³/mol. The van der Waals surface area contributed by atoms with Crippen molar-refractivity contribution in [2.75, 3.05) is 0 Å². The number of nitrogens with zero attached hydrogens (tertiary/aromatic N) is 1. The predicted octanol–water partition coefficient (Wildman–Crippen LogP) is 2.85. The van der Waals surface area contributed by atoms with Gasteiger partial charge in [-0.15, -0.1) is 11.8 Å². The minimum Gasteiger partial charge on any atom is -0.479 e. The second-order valence-corrected chi connectivity index (χ2v) is 10.1. The third-order valence-electron chi connectivity index (χ3n) is 6.25. The fourth-order valence-electron chi connectivity index (χ4n) is 4.51. The number of carboxylic acids is 1. The van der Waals surface area contributed by atoms with Crippen molar-refractivity contribution in [3.8, 4) is 5.75 Å². The van der Waals surface area contributed by atoms with Gasteiger partial charge in [0, 0.05) is 12.0 Å². The minimum atomic E-state index is -1.16. The molecule has 7 nitrogen and oxygen atoms in total. The summed E-state index contributed by atoms with van der Waals surface area (Å²) in [7, 11) is 0. The molecule has 0 radical (unpaired) electrons. The smallest absolute Gasteiger partial charge is 0.331 e. The first-order valence-corrected chi connectivity index (χ1v) is 11.1. The Labute approximate surface area is 187 Å². The Bertz CT molecular complexity index is 1100. The number of para-hydroxylation sites is 1. The molecule has 2 heterocycles.